The van der Waals surface area contributed by atoms with Crippen LogP contribution in [0.25, 0.3) is 0 Å². The summed E-state index contributed by atoms with van der Waals surface area (Å²) in [4.78, 5) is 11.5. The second kappa shape index (κ2) is 4.52. The van der Waals surface area contributed by atoms with E-state index >= 15 is 0 Å². The lowest BCUT2D eigenvalue weighted by Crippen LogP contribution is -2.44. The summed E-state index contributed by atoms with van der Waals surface area (Å²) in [6, 6.07) is 6.91. The van der Waals surface area contributed by atoms with E-state index in [0.29, 0.717) is 0 Å². The van der Waals surface area contributed by atoms with Gasteiger partial charge in [-0.2, -0.15) is 0 Å². The number of alkyl halides is 2. The molecule has 3 nitrogen and oxygen atoms in total. The van der Waals surface area contributed by atoms with Crippen molar-refractivity contribution in [2.45, 2.75) is 16.8 Å². The van der Waals surface area contributed by atoms with Crippen LogP contribution < -0.4 is 5.32 Å². The zero-order valence-corrected chi connectivity index (χ0v) is 10.1. The van der Waals surface area contributed by atoms with Crippen LogP contribution in [0.1, 0.15) is 10.9 Å². The Labute approximate surface area is 104 Å². The zero-order chi connectivity index (χ0) is 11.7. The van der Waals surface area contributed by atoms with Crippen LogP contribution >= 0.6 is 23.2 Å². The van der Waals surface area contributed by atoms with Gasteiger partial charge in [0.25, 0.3) is 0 Å². The number of hydrogen-bond donors (Lipinski definition) is 1. The van der Waals surface area contributed by atoms with Crippen LogP contribution in [0.3, 0.4) is 0 Å². The predicted octanol–water partition coefficient (Wildman–Crippen LogP) is 2.54. The number of esters is 1. The summed E-state index contributed by atoms with van der Waals surface area (Å²) in [6.07, 6.45) is 0. The van der Waals surface area contributed by atoms with Gasteiger partial charge in [-0.05, 0) is 11.6 Å². The van der Waals surface area contributed by atoms with Crippen LogP contribution in [0.2, 0.25) is 0 Å². The Morgan fingerprint density at radius 1 is 1.38 bits per heavy atom. The Kier molecular flexibility index (Phi) is 3.26. The van der Waals surface area contributed by atoms with Gasteiger partial charge in [0, 0.05) is 5.69 Å². The lowest BCUT2D eigenvalue weighted by atomic mass is 9.97. The molecule has 0 amide bonds. The minimum atomic E-state index is -0.607. The number of nitrogens with one attached hydrogen (secondary N) is 1. The van der Waals surface area contributed by atoms with Crippen LogP contribution in [0.5, 0.6) is 0 Å². The average Bonchev–Trinajstić information content (AvgIpc) is 2.33. The van der Waals surface area contributed by atoms with Gasteiger partial charge in [0.15, 0.2) is 0 Å². The highest BCUT2D eigenvalue weighted by Gasteiger charge is 2.38. The molecule has 3 atom stereocenters. The molecule has 3 unspecified atom stereocenters. The van der Waals surface area contributed by atoms with Crippen molar-refractivity contribution in [3.8, 4) is 0 Å². The third kappa shape index (κ3) is 1.85. The largest absolute Gasteiger partial charge is 0.467 e. The molecule has 0 bridgehead atoms. The Bertz CT molecular complexity index is 411. The highest BCUT2D eigenvalue weighted by atomic mass is 35.5. The monoisotopic (exact) mass is 259 g/mol. The van der Waals surface area contributed by atoms with Gasteiger partial charge in [0.1, 0.15) is 6.04 Å². The van der Waals surface area contributed by atoms with E-state index in [9.17, 15) is 4.79 Å². The number of ether oxygens (including phenoxy) is 1. The molecule has 86 valence electrons. The van der Waals surface area contributed by atoms with E-state index in [1.807, 2.05) is 24.3 Å². The third-order valence-corrected chi connectivity index (χ3v) is 3.76. The number of para-hydroxylation sites is 1. The fourth-order valence-corrected chi connectivity index (χ4v) is 2.41. The van der Waals surface area contributed by atoms with Gasteiger partial charge in [0.2, 0.25) is 0 Å². The number of methoxy groups -OCH3 is 1. The first-order chi connectivity index (χ1) is 7.65. The molecule has 1 aromatic rings. The second-order valence-electron chi connectivity index (χ2n) is 3.58. The summed E-state index contributed by atoms with van der Waals surface area (Å²) in [5.74, 6) is -0.403. The average molecular weight is 260 g/mol. The minimum Gasteiger partial charge on any atom is -0.467 e. The summed E-state index contributed by atoms with van der Waals surface area (Å²) in [7, 11) is 1.33. The second-order valence-corrected chi connectivity index (χ2v) is 4.55. The van der Waals surface area contributed by atoms with E-state index in [1.54, 1.807) is 0 Å². The number of benzene rings is 1. The van der Waals surface area contributed by atoms with Gasteiger partial charge >= 0.3 is 5.97 Å². The molecule has 2 rings (SSSR count). The lowest BCUT2D eigenvalue weighted by molar-refractivity contribution is -0.141. The summed E-state index contributed by atoms with van der Waals surface area (Å²) >= 11 is 12.4. The van der Waals surface area contributed by atoms with Gasteiger partial charge in [0.05, 0.1) is 17.9 Å². The highest BCUT2D eigenvalue weighted by molar-refractivity contribution is 6.32. The van der Waals surface area contributed by atoms with E-state index in [0.717, 1.165) is 11.3 Å². The molecule has 1 aliphatic rings. The van der Waals surface area contributed by atoms with Gasteiger partial charge in [-0.15, -0.1) is 23.2 Å². The van der Waals surface area contributed by atoms with Crippen LogP contribution in [-0.4, -0.2) is 24.5 Å². The molecule has 1 aliphatic heterocycles. The Hall–Kier alpha value is -0.930. The number of hydrogen-bond acceptors (Lipinski definition) is 3. The molecule has 0 spiro atoms. The van der Waals surface area contributed by atoms with Crippen LogP contribution in [-0.2, 0) is 9.53 Å². The molecular weight excluding hydrogens is 249 g/mol. The van der Waals surface area contributed by atoms with Crippen molar-refractivity contribution in [2.75, 3.05) is 12.4 Å². The smallest absolute Gasteiger partial charge is 0.329 e. The molecule has 16 heavy (non-hydrogen) atoms. The maximum atomic E-state index is 11.5. The number of rotatable bonds is 1. The van der Waals surface area contributed by atoms with E-state index in [4.69, 9.17) is 23.2 Å². The molecule has 1 heterocycles. The molecule has 0 aromatic heterocycles. The molecule has 1 N–H and O–H groups in total. The number of anilines is 1. The molecule has 0 radical (unpaired) electrons. The maximum absolute atomic E-state index is 11.5. The topological polar surface area (TPSA) is 38.3 Å². The van der Waals surface area contributed by atoms with Crippen molar-refractivity contribution in [2.24, 2.45) is 0 Å². The van der Waals surface area contributed by atoms with Gasteiger partial charge in [-0.25, -0.2) is 4.79 Å². The molecule has 0 aliphatic carbocycles. The third-order valence-electron chi connectivity index (χ3n) is 2.62. The standard InChI is InChI=1S/C11H11Cl2NO2/c1-16-11(15)10-9(13)8(12)6-4-2-3-5-7(6)14-10/h2-5,8-10,14H,1H3. The SMILES string of the molecule is COC(=O)C1Nc2ccccc2C(Cl)C1Cl. The van der Waals surface area contributed by atoms with E-state index < -0.39 is 22.8 Å². The fraction of sp³-hybridized carbons (Fsp3) is 0.364. The van der Waals surface area contributed by atoms with Crippen molar-refractivity contribution >= 4 is 34.9 Å². The number of fused-ring (bicyclic) bond motifs is 1. The molecule has 5 heteroatoms. The molecule has 0 saturated carbocycles. The van der Waals surface area contributed by atoms with Crippen LogP contribution in [0.4, 0.5) is 5.69 Å². The quantitative estimate of drug-likeness (QED) is 0.623. The van der Waals surface area contributed by atoms with Crippen molar-refractivity contribution in [3.05, 3.63) is 29.8 Å². The van der Waals surface area contributed by atoms with Gasteiger partial charge in [-0.1, -0.05) is 18.2 Å². The van der Waals surface area contributed by atoms with Crippen molar-refractivity contribution in [3.63, 3.8) is 0 Å². The first-order valence-electron chi connectivity index (χ1n) is 4.86. The number of halogens is 2. The number of carbonyl (C=O) groups excluding carboxylic acids is 1. The molecular formula is C11H11Cl2NO2. The molecule has 0 saturated heterocycles. The molecule has 1 aromatic carbocycles. The normalized spacial score (nSPS) is 27.8. The zero-order valence-electron chi connectivity index (χ0n) is 8.61. The van der Waals surface area contributed by atoms with Gasteiger partial charge in [-0.3, -0.25) is 0 Å². The maximum Gasteiger partial charge on any atom is 0.329 e. The summed E-state index contributed by atoms with van der Waals surface area (Å²) < 4.78 is 4.68. The molecule has 0 fully saturated rings. The first kappa shape index (κ1) is 11.6. The predicted molar refractivity (Wildman–Crippen MR) is 64.1 cm³/mol. The summed E-state index contributed by atoms with van der Waals surface area (Å²) in [6.45, 7) is 0. The Morgan fingerprint density at radius 3 is 2.75 bits per heavy atom. The number of carbonyl (C=O) groups is 1. The van der Waals surface area contributed by atoms with E-state index in [1.165, 1.54) is 7.11 Å². The summed E-state index contributed by atoms with van der Waals surface area (Å²) in [5, 5.41) is 2.11. The Morgan fingerprint density at radius 2 is 2.06 bits per heavy atom. The van der Waals surface area contributed by atoms with Crippen LogP contribution in [0.15, 0.2) is 24.3 Å². The minimum absolute atomic E-state index is 0.400. The van der Waals surface area contributed by atoms with Crippen molar-refractivity contribution in [1.82, 2.24) is 0 Å². The van der Waals surface area contributed by atoms with E-state index in [-0.39, 0.29) is 0 Å². The summed E-state index contributed by atoms with van der Waals surface area (Å²) in [5.41, 5.74) is 1.74. The lowest BCUT2D eigenvalue weighted by Gasteiger charge is -2.32. The Balaban J connectivity index is 2.35. The fourth-order valence-electron chi connectivity index (χ4n) is 1.77. The van der Waals surface area contributed by atoms with Gasteiger partial charge < -0.3 is 10.1 Å². The van der Waals surface area contributed by atoms with E-state index in [2.05, 4.69) is 10.1 Å². The van der Waals surface area contributed by atoms with Crippen molar-refractivity contribution in [1.29, 1.82) is 0 Å². The van der Waals surface area contributed by atoms with Crippen LogP contribution in [0, 0.1) is 0 Å². The highest BCUT2D eigenvalue weighted by Crippen LogP contribution is 2.39. The first-order valence-corrected chi connectivity index (χ1v) is 5.74. The van der Waals surface area contributed by atoms with Crippen molar-refractivity contribution < 1.29 is 9.53 Å².